The fourth-order valence-electron chi connectivity index (χ4n) is 1.87. The molecular formula is C12H12N2. The minimum atomic E-state index is 0.557. The molecule has 1 unspecified atom stereocenters. The van der Waals surface area contributed by atoms with Crippen molar-refractivity contribution in [1.29, 1.82) is 0 Å². The maximum atomic E-state index is 4.35. The third-order valence-electron chi connectivity index (χ3n) is 2.86. The Morgan fingerprint density at radius 1 is 1.29 bits per heavy atom. The molecule has 1 aliphatic heterocycles. The number of hydrogen-bond acceptors (Lipinski definition) is 2. The summed E-state index contributed by atoms with van der Waals surface area (Å²) in [5, 5.41) is 4.62. The fraction of sp³-hybridized carbons (Fsp3) is 0.250. The molecule has 1 saturated heterocycles. The van der Waals surface area contributed by atoms with Gasteiger partial charge < -0.3 is 5.32 Å². The number of nitrogens with zero attached hydrogens (tertiary/aromatic N) is 1. The summed E-state index contributed by atoms with van der Waals surface area (Å²) in [5.41, 5.74) is 2.46. The van der Waals surface area contributed by atoms with Gasteiger partial charge in [0, 0.05) is 17.6 Å². The molecule has 0 amide bonds. The predicted molar refractivity (Wildman–Crippen MR) is 57.1 cm³/mol. The lowest BCUT2D eigenvalue weighted by atomic mass is 9.97. The minimum Gasteiger partial charge on any atom is -0.310 e. The van der Waals surface area contributed by atoms with Gasteiger partial charge in [0.2, 0.25) is 0 Å². The highest BCUT2D eigenvalue weighted by Gasteiger charge is 2.18. The zero-order valence-corrected chi connectivity index (χ0v) is 7.90. The normalized spacial score (nSPS) is 20.7. The van der Waals surface area contributed by atoms with E-state index in [1.54, 1.807) is 0 Å². The Morgan fingerprint density at radius 2 is 2.21 bits per heavy atom. The smallest absolute Gasteiger partial charge is 0.0705 e. The first kappa shape index (κ1) is 7.94. The molecule has 0 saturated carbocycles. The topological polar surface area (TPSA) is 24.9 Å². The average molecular weight is 184 g/mol. The molecule has 1 aromatic carbocycles. The van der Waals surface area contributed by atoms with E-state index in [1.807, 2.05) is 12.3 Å². The summed E-state index contributed by atoms with van der Waals surface area (Å²) in [4.78, 5) is 4.35. The van der Waals surface area contributed by atoms with Crippen LogP contribution in [0, 0.1) is 0 Å². The number of aromatic nitrogens is 1. The number of nitrogens with one attached hydrogen (secondary N) is 1. The van der Waals surface area contributed by atoms with E-state index in [0.29, 0.717) is 6.04 Å². The third kappa shape index (κ3) is 1.19. The van der Waals surface area contributed by atoms with Crippen LogP contribution in [0.1, 0.15) is 18.0 Å². The molecule has 2 heteroatoms. The van der Waals surface area contributed by atoms with Gasteiger partial charge in [-0.15, -0.1) is 0 Å². The van der Waals surface area contributed by atoms with Crippen molar-refractivity contribution in [2.24, 2.45) is 0 Å². The van der Waals surface area contributed by atoms with Gasteiger partial charge in [-0.25, -0.2) is 0 Å². The van der Waals surface area contributed by atoms with Gasteiger partial charge in [0.25, 0.3) is 0 Å². The van der Waals surface area contributed by atoms with Crippen LogP contribution in [0.4, 0.5) is 0 Å². The van der Waals surface area contributed by atoms with Crippen LogP contribution < -0.4 is 5.32 Å². The van der Waals surface area contributed by atoms with E-state index in [1.165, 1.54) is 17.4 Å². The highest BCUT2D eigenvalue weighted by atomic mass is 15.0. The second-order valence-electron chi connectivity index (χ2n) is 3.75. The molecule has 1 atom stereocenters. The molecule has 70 valence electrons. The van der Waals surface area contributed by atoms with Gasteiger partial charge in [-0.1, -0.05) is 18.2 Å². The monoisotopic (exact) mass is 184 g/mol. The van der Waals surface area contributed by atoms with Crippen LogP contribution in [0.2, 0.25) is 0 Å². The van der Waals surface area contributed by atoms with Crippen LogP contribution in [0.3, 0.4) is 0 Å². The van der Waals surface area contributed by atoms with Crippen LogP contribution in [-0.2, 0) is 0 Å². The molecule has 3 rings (SSSR count). The summed E-state index contributed by atoms with van der Waals surface area (Å²) in [5.74, 6) is 0. The Morgan fingerprint density at radius 3 is 3.00 bits per heavy atom. The minimum absolute atomic E-state index is 0.557. The molecule has 14 heavy (non-hydrogen) atoms. The molecule has 0 spiro atoms. The molecule has 1 aromatic heterocycles. The Labute approximate surface area is 83.0 Å². The second kappa shape index (κ2) is 3.07. The molecule has 2 aromatic rings. The largest absolute Gasteiger partial charge is 0.310 e. The Balaban J connectivity index is 2.10. The van der Waals surface area contributed by atoms with Crippen LogP contribution in [0.25, 0.3) is 10.9 Å². The standard InChI is InChI=1S/C12H12N2/c1-2-9-3-4-10(11-5-7-14-11)8-12(9)13-6-1/h1-4,6,8,11,14H,5,7H2. The first-order chi connectivity index (χ1) is 6.93. The van der Waals surface area contributed by atoms with Gasteiger partial charge in [-0.05, 0) is 30.7 Å². The lowest BCUT2D eigenvalue weighted by Crippen LogP contribution is -2.34. The van der Waals surface area contributed by atoms with E-state index in [2.05, 4.69) is 34.6 Å². The van der Waals surface area contributed by atoms with E-state index in [-0.39, 0.29) is 0 Å². The summed E-state index contributed by atoms with van der Waals surface area (Å²) in [7, 11) is 0. The predicted octanol–water partition coefficient (Wildman–Crippen LogP) is 2.27. The molecular weight excluding hydrogens is 172 g/mol. The van der Waals surface area contributed by atoms with E-state index in [0.717, 1.165) is 12.1 Å². The van der Waals surface area contributed by atoms with E-state index < -0.39 is 0 Å². The van der Waals surface area contributed by atoms with Crippen molar-refractivity contribution in [1.82, 2.24) is 10.3 Å². The highest BCUT2D eigenvalue weighted by molar-refractivity contribution is 5.79. The van der Waals surface area contributed by atoms with Gasteiger partial charge in [0.05, 0.1) is 5.52 Å². The Kier molecular flexibility index (Phi) is 1.74. The lowest BCUT2D eigenvalue weighted by Gasteiger charge is -2.28. The molecule has 0 radical (unpaired) electrons. The fourth-order valence-corrected chi connectivity index (χ4v) is 1.87. The Hall–Kier alpha value is -1.41. The SMILES string of the molecule is c1cnc2cc(C3CCN3)ccc2c1. The number of benzene rings is 1. The van der Waals surface area contributed by atoms with Gasteiger partial charge >= 0.3 is 0 Å². The van der Waals surface area contributed by atoms with Crippen molar-refractivity contribution in [3.63, 3.8) is 0 Å². The van der Waals surface area contributed by atoms with Gasteiger partial charge in [-0.3, -0.25) is 4.98 Å². The van der Waals surface area contributed by atoms with E-state index in [9.17, 15) is 0 Å². The van der Waals surface area contributed by atoms with Crippen molar-refractivity contribution in [3.8, 4) is 0 Å². The van der Waals surface area contributed by atoms with Crippen molar-refractivity contribution >= 4 is 10.9 Å². The number of pyridine rings is 1. The van der Waals surface area contributed by atoms with Crippen LogP contribution in [0.5, 0.6) is 0 Å². The summed E-state index contributed by atoms with van der Waals surface area (Å²) in [6, 6.07) is 11.2. The third-order valence-corrected chi connectivity index (χ3v) is 2.86. The van der Waals surface area contributed by atoms with Crippen molar-refractivity contribution < 1.29 is 0 Å². The molecule has 0 bridgehead atoms. The summed E-state index contributed by atoms with van der Waals surface area (Å²) < 4.78 is 0. The molecule has 2 heterocycles. The second-order valence-corrected chi connectivity index (χ2v) is 3.75. The number of rotatable bonds is 1. The molecule has 0 aliphatic carbocycles. The molecule has 1 aliphatic rings. The van der Waals surface area contributed by atoms with Crippen molar-refractivity contribution in [2.75, 3.05) is 6.54 Å². The zero-order valence-electron chi connectivity index (χ0n) is 7.90. The van der Waals surface area contributed by atoms with Crippen LogP contribution >= 0.6 is 0 Å². The van der Waals surface area contributed by atoms with Gasteiger partial charge in [0.1, 0.15) is 0 Å². The summed E-state index contributed by atoms with van der Waals surface area (Å²) in [6.45, 7) is 1.14. The molecule has 2 nitrogen and oxygen atoms in total. The Bertz CT molecular complexity index is 461. The molecule has 1 N–H and O–H groups in total. The van der Waals surface area contributed by atoms with E-state index in [4.69, 9.17) is 0 Å². The van der Waals surface area contributed by atoms with E-state index >= 15 is 0 Å². The zero-order chi connectivity index (χ0) is 9.38. The lowest BCUT2D eigenvalue weighted by molar-refractivity contribution is 0.383. The maximum absolute atomic E-state index is 4.35. The number of hydrogen-bond donors (Lipinski definition) is 1. The summed E-state index contributed by atoms with van der Waals surface area (Å²) in [6.07, 6.45) is 3.10. The van der Waals surface area contributed by atoms with Gasteiger partial charge in [0.15, 0.2) is 0 Å². The first-order valence-electron chi connectivity index (χ1n) is 5.01. The van der Waals surface area contributed by atoms with Crippen LogP contribution in [0.15, 0.2) is 36.5 Å². The van der Waals surface area contributed by atoms with Crippen molar-refractivity contribution in [3.05, 3.63) is 42.1 Å². The maximum Gasteiger partial charge on any atom is 0.0705 e. The quantitative estimate of drug-likeness (QED) is 0.735. The molecule has 1 fully saturated rings. The first-order valence-corrected chi connectivity index (χ1v) is 5.01. The highest BCUT2D eigenvalue weighted by Crippen LogP contribution is 2.25. The van der Waals surface area contributed by atoms with Crippen LogP contribution in [-0.4, -0.2) is 11.5 Å². The average Bonchev–Trinajstić information content (AvgIpc) is 2.15. The number of fused-ring (bicyclic) bond motifs is 1. The van der Waals surface area contributed by atoms with Crippen molar-refractivity contribution in [2.45, 2.75) is 12.5 Å². The van der Waals surface area contributed by atoms with Gasteiger partial charge in [-0.2, -0.15) is 0 Å². The summed E-state index contributed by atoms with van der Waals surface area (Å²) >= 11 is 0.